The summed E-state index contributed by atoms with van der Waals surface area (Å²) in [6, 6.07) is 10.7. The number of ether oxygens (including phenoxy) is 3. The largest absolute Gasteiger partial charge is 0.476 e. The topological polar surface area (TPSA) is 170 Å². The fourth-order valence-corrected chi connectivity index (χ4v) is 6.95. The van der Waals surface area contributed by atoms with Crippen molar-refractivity contribution in [3.05, 3.63) is 74.5 Å². The van der Waals surface area contributed by atoms with Gasteiger partial charge in [0.15, 0.2) is 15.5 Å². The van der Waals surface area contributed by atoms with Crippen LogP contribution in [-0.4, -0.2) is 109 Å². The molecule has 4 rings (SSSR count). The second-order valence-electron chi connectivity index (χ2n) is 10.4. The Morgan fingerprint density at radius 3 is 2.36 bits per heavy atom. The van der Waals surface area contributed by atoms with Gasteiger partial charge in [-0.1, -0.05) is 40.5 Å². The SMILES string of the molecule is CN1Cc2c(Cl)cc(Cl)cc2C(c2cccc(S(=O)(=O)CCCOCCOCCOCCn3nnc(C(=O)O)c3C(=O)O)c2)C1. The van der Waals surface area contributed by atoms with E-state index >= 15 is 0 Å². The number of nitrogens with zero attached hydrogens (tertiary/aromatic N) is 4. The number of fused-ring (bicyclic) bond motifs is 1. The van der Waals surface area contributed by atoms with E-state index in [1.807, 2.05) is 19.2 Å². The lowest BCUT2D eigenvalue weighted by Gasteiger charge is -2.33. The number of hydrogen-bond donors (Lipinski definition) is 2. The summed E-state index contributed by atoms with van der Waals surface area (Å²) in [6.07, 6.45) is 0.320. The van der Waals surface area contributed by atoms with Crippen molar-refractivity contribution < 1.29 is 42.4 Å². The van der Waals surface area contributed by atoms with Gasteiger partial charge in [0.2, 0.25) is 5.69 Å². The number of aromatic nitrogens is 3. The van der Waals surface area contributed by atoms with E-state index in [0.29, 0.717) is 29.6 Å². The van der Waals surface area contributed by atoms with Crippen LogP contribution in [0.4, 0.5) is 0 Å². The highest BCUT2D eigenvalue weighted by molar-refractivity contribution is 7.91. The van der Waals surface area contributed by atoms with Gasteiger partial charge in [0.05, 0.1) is 50.2 Å². The molecular weight excluding hydrogens is 651 g/mol. The minimum absolute atomic E-state index is 0.00779. The van der Waals surface area contributed by atoms with Crippen LogP contribution < -0.4 is 0 Å². The van der Waals surface area contributed by atoms with Crippen molar-refractivity contribution in [2.75, 3.05) is 59.0 Å². The van der Waals surface area contributed by atoms with Gasteiger partial charge in [0.25, 0.3) is 0 Å². The summed E-state index contributed by atoms with van der Waals surface area (Å²) in [5.74, 6) is -3.05. The fraction of sp³-hybridized carbons (Fsp3) is 0.448. The van der Waals surface area contributed by atoms with Gasteiger partial charge in [0, 0.05) is 35.7 Å². The highest BCUT2D eigenvalue weighted by Gasteiger charge is 2.28. The first-order valence-electron chi connectivity index (χ1n) is 14.1. The van der Waals surface area contributed by atoms with Gasteiger partial charge in [0.1, 0.15) is 0 Å². The third kappa shape index (κ3) is 9.22. The van der Waals surface area contributed by atoms with Crippen LogP contribution in [0.15, 0.2) is 41.3 Å². The number of rotatable bonds is 17. The molecule has 2 N–H and O–H groups in total. The summed E-state index contributed by atoms with van der Waals surface area (Å²) in [6.45, 7) is 2.74. The number of aromatic carboxylic acids is 2. The molecule has 0 radical (unpaired) electrons. The quantitative estimate of drug-likeness (QED) is 0.199. The number of benzene rings is 2. The second kappa shape index (κ2) is 15.9. The van der Waals surface area contributed by atoms with Gasteiger partial charge >= 0.3 is 11.9 Å². The Hall–Kier alpha value is -3.11. The minimum atomic E-state index is -3.53. The van der Waals surface area contributed by atoms with Crippen LogP contribution in [0.1, 0.15) is 50.0 Å². The first-order chi connectivity index (χ1) is 21.5. The highest BCUT2D eigenvalue weighted by Crippen LogP contribution is 2.38. The Labute approximate surface area is 270 Å². The zero-order valence-corrected chi connectivity index (χ0v) is 26.9. The van der Waals surface area contributed by atoms with Crippen molar-refractivity contribution in [1.29, 1.82) is 0 Å². The van der Waals surface area contributed by atoms with Crippen LogP contribution in [0.3, 0.4) is 0 Å². The summed E-state index contributed by atoms with van der Waals surface area (Å²) in [7, 11) is -1.53. The van der Waals surface area contributed by atoms with Gasteiger partial charge in [-0.3, -0.25) is 0 Å². The summed E-state index contributed by atoms with van der Waals surface area (Å²) < 4.78 is 43.5. The third-order valence-corrected chi connectivity index (χ3v) is 9.50. The van der Waals surface area contributed by atoms with Crippen molar-refractivity contribution in [1.82, 2.24) is 19.9 Å². The van der Waals surface area contributed by atoms with Gasteiger partial charge in [-0.05, 0) is 54.4 Å². The van der Waals surface area contributed by atoms with Crippen LogP contribution in [0, 0.1) is 0 Å². The number of hydrogen-bond acceptors (Lipinski definition) is 10. The second-order valence-corrected chi connectivity index (χ2v) is 13.4. The van der Waals surface area contributed by atoms with Crippen LogP contribution in [0.25, 0.3) is 0 Å². The van der Waals surface area contributed by atoms with Gasteiger partial charge in [-0.15, -0.1) is 5.10 Å². The highest BCUT2D eigenvalue weighted by atomic mass is 35.5. The average molecular weight is 686 g/mol. The molecule has 0 fully saturated rings. The molecular formula is C29H34Cl2N4O9S. The molecule has 45 heavy (non-hydrogen) atoms. The summed E-state index contributed by atoms with van der Waals surface area (Å²) >= 11 is 12.8. The summed E-state index contributed by atoms with van der Waals surface area (Å²) in [5.41, 5.74) is 1.74. The standard InChI is InChI=1S/C29H34Cl2N4O9S/c1-34-17-23(22-15-20(30)16-25(31)24(22)18-34)19-4-2-5-21(14-19)45(40,41)13-3-7-42-9-11-44-12-10-43-8-6-35-27(29(38)39)26(28(36)37)32-33-35/h2,4-5,14-16,23H,3,6-13,17-18H2,1H3,(H,36,37)(H,38,39). The molecule has 1 aliphatic rings. The minimum Gasteiger partial charge on any atom is -0.476 e. The monoisotopic (exact) mass is 684 g/mol. The lowest BCUT2D eigenvalue weighted by Crippen LogP contribution is -2.31. The van der Waals surface area contributed by atoms with Crippen LogP contribution in [0.2, 0.25) is 10.0 Å². The molecule has 1 aromatic heterocycles. The number of likely N-dealkylation sites (N-methyl/N-ethyl adjacent to an activating group) is 1. The first-order valence-corrected chi connectivity index (χ1v) is 16.5. The summed E-state index contributed by atoms with van der Waals surface area (Å²) in [4.78, 5) is 24.7. The average Bonchev–Trinajstić information content (AvgIpc) is 3.42. The molecule has 0 bridgehead atoms. The number of carboxylic acid groups (broad SMARTS) is 2. The van der Waals surface area contributed by atoms with E-state index in [1.54, 1.807) is 24.3 Å². The molecule has 0 spiro atoms. The molecule has 0 saturated carbocycles. The number of sulfone groups is 1. The molecule has 3 aromatic rings. The van der Waals surface area contributed by atoms with Crippen molar-refractivity contribution in [2.45, 2.75) is 30.3 Å². The van der Waals surface area contributed by atoms with Crippen molar-refractivity contribution >= 4 is 45.0 Å². The normalized spacial score (nSPS) is 15.2. The van der Waals surface area contributed by atoms with Crippen LogP contribution in [-0.2, 0) is 37.1 Å². The van der Waals surface area contributed by atoms with E-state index in [-0.39, 0.29) is 62.8 Å². The van der Waals surface area contributed by atoms with Gasteiger partial charge in [-0.2, -0.15) is 0 Å². The van der Waals surface area contributed by atoms with Crippen molar-refractivity contribution in [3.8, 4) is 0 Å². The maximum atomic E-state index is 13.1. The Bertz CT molecular complexity index is 1620. The Morgan fingerprint density at radius 1 is 0.978 bits per heavy atom. The molecule has 1 unspecified atom stereocenters. The van der Waals surface area contributed by atoms with E-state index in [2.05, 4.69) is 15.2 Å². The molecule has 16 heteroatoms. The molecule has 244 valence electrons. The molecule has 13 nitrogen and oxygen atoms in total. The Morgan fingerprint density at radius 2 is 1.67 bits per heavy atom. The number of carbonyl (C=O) groups is 2. The lowest BCUT2D eigenvalue weighted by molar-refractivity contribution is 0.0127. The number of halogens is 2. The molecule has 0 aliphatic carbocycles. The molecule has 1 atom stereocenters. The van der Waals surface area contributed by atoms with E-state index in [0.717, 1.165) is 21.4 Å². The maximum absolute atomic E-state index is 13.1. The smallest absolute Gasteiger partial charge is 0.359 e. The fourth-order valence-electron chi connectivity index (χ4n) is 5.04. The third-order valence-electron chi connectivity index (χ3n) is 7.15. The van der Waals surface area contributed by atoms with Crippen molar-refractivity contribution in [3.63, 3.8) is 0 Å². The molecule has 0 saturated heterocycles. The predicted molar refractivity (Wildman–Crippen MR) is 164 cm³/mol. The number of carboxylic acids is 2. The lowest BCUT2D eigenvalue weighted by atomic mass is 9.85. The Balaban J connectivity index is 1.14. The molecule has 2 aromatic carbocycles. The Kier molecular flexibility index (Phi) is 12.3. The van der Waals surface area contributed by atoms with E-state index in [9.17, 15) is 23.1 Å². The van der Waals surface area contributed by atoms with Gasteiger partial charge in [-0.25, -0.2) is 22.7 Å². The van der Waals surface area contributed by atoms with E-state index in [4.69, 9.17) is 42.5 Å². The maximum Gasteiger partial charge on any atom is 0.359 e. The molecule has 1 aliphatic heterocycles. The zero-order chi connectivity index (χ0) is 32.6. The van der Waals surface area contributed by atoms with E-state index < -0.39 is 33.2 Å². The summed E-state index contributed by atoms with van der Waals surface area (Å²) in [5, 5.41) is 26.2. The van der Waals surface area contributed by atoms with E-state index in [1.165, 1.54) is 0 Å². The predicted octanol–water partition coefficient (Wildman–Crippen LogP) is 3.47. The zero-order valence-electron chi connectivity index (χ0n) is 24.5. The molecule has 2 heterocycles. The van der Waals surface area contributed by atoms with Crippen LogP contribution >= 0.6 is 23.2 Å². The van der Waals surface area contributed by atoms with Crippen molar-refractivity contribution in [2.24, 2.45) is 0 Å². The van der Waals surface area contributed by atoms with Gasteiger partial charge < -0.3 is 29.3 Å². The first kappa shape index (κ1) is 34.8. The van der Waals surface area contributed by atoms with Crippen LogP contribution in [0.5, 0.6) is 0 Å². The molecule has 0 amide bonds.